The quantitative estimate of drug-likeness (QED) is 0.772. The maximum absolute atomic E-state index is 12.3. The Balaban J connectivity index is 1.76. The Bertz CT molecular complexity index is 836. The van der Waals surface area contributed by atoms with Crippen molar-refractivity contribution in [2.45, 2.75) is 26.8 Å². The summed E-state index contributed by atoms with van der Waals surface area (Å²) in [6.07, 6.45) is 2.62. The largest absolute Gasteiger partial charge is 0.375 e. The summed E-state index contributed by atoms with van der Waals surface area (Å²) in [5, 5.41) is 3.31. The van der Waals surface area contributed by atoms with Crippen LogP contribution in [-0.2, 0) is 13.0 Å². The van der Waals surface area contributed by atoms with Crippen LogP contribution in [0.4, 0.5) is 5.13 Å². The van der Waals surface area contributed by atoms with E-state index >= 15 is 0 Å². The number of fused-ring (bicyclic) bond motifs is 1. The van der Waals surface area contributed by atoms with E-state index in [-0.39, 0.29) is 5.91 Å². The zero-order valence-electron chi connectivity index (χ0n) is 12.5. The predicted octanol–water partition coefficient (Wildman–Crippen LogP) is 2.17. The molecule has 0 fully saturated rings. The molecule has 114 valence electrons. The zero-order chi connectivity index (χ0) is 15.7. The molecule has 6 nitrogen and oxygen atoms in total. The molecule has 0 aromatic carbocycles. The highest BCUT2D eigenvalue weighted by molar-refractivity contribution is 7.17. The van der Waals surface area contributed by atoms with E-state index in [0.717, 1.165) is 22.7 Å². The number of aryl methyl sites for hydroxylation is 2. The number of aromatic nitrogens is 3. The molecule has 0 saturated heterocycles. The zero-order valence-corrected chi connectivity index (χ0v) is 13.3. The average molecular weight is 315 g/mol. The number of rotatable bonds is 4. The molecule has 3 aromatic rings. The lowest BCUT2D eigenvalue weighted by molar-refractivity contribution is 0.0953. The highest BCUT2D eigenvalue weighted by Crippen LogP contribution is 2.20. The van der Waals surface area contributed by atoms with Crippen molar-refractivity contribution in [3.8, 4) is 0 Å². The molecule has 0 bridgehead atoms. The molecule has 0 aliphatic carbocycles. The van der Waals surface area contributed by atoms with E-state index in [9.17, 15) is 4.79 Å². The van der Waals surface area contributed by atoms with Crippen LogP contribution in [-0.4, -0.2) is 20.3 Å². The molecule has 0 spiro atoms. The monoisotopic (exact) mass is 315 g/mol. The molecule has 3 rings (SSSR count). The van der Waals surface area contributed by atoms with Crippen molar-refractivity contribution in [3.63, 3.8) is 0 Å². The van der Waals surface area contributed by atoms with Gasteiger partial charge in [0.15, 0.2) is 5.13 Å². The first-order valence-corrected chi connectivity index (χ1v) is 7.87. The molecule has 0 unspecified atom stereocenters. The van der Waals surface area contributed by atoms with E-state index in [2.05, 4.69) is 15.3 Å². The molecule has 0 atom stereocenters. The minimum Gasteiger partial charge on any atom is -0.375 e. The predicted molar refractivity (Wildman–Crippen MR) is 87.0 cm³/mol. The lowest BCUT2D eigenvalue weighted by atomic mass is 10.3. The Morgan fingerprint density at radius 3 is 2.95 bits per heavy atom. The number of thiazole rings is 1. The van der Waals surface area contributed by atoms with Gasteiger partial charge in [-0.25, -0.2) is 9.97 Å². The van der Waals surface area contributed by atoms with Crippen molar-refractivity contribution in [1.29, 1.82) is 0 Å². The Kier molecular flexibility index (Phi) is 3.81. The van der Waals surface area contributed by atoms with Crippen LogP contribution in [0.1, 0.15) is 33.7 Å². The van der Waals surface area contributed by atoms with Crippen LogP contribution in [0, 0.1) is 6.92 Å². The fourth-order valence-corrected chi connectivity index (χ4v) is 3.16. The van der Waals surface area contributed by atoms with Crippen molar-refractivity contribution in [3.05, 3.63) is 46.4 Å². The van der Waals surface area contributed by atoms with Crippen LogP contribution < -0.4 is 11.1 Å². The molecule has 0 aliphatic heterocycles. The third-order valence-electron chi connectivity index (χ3n) is 3.43. The number of anilines is 1. The van der Waals surface area contributed by atoms with Gasteiger partial charge in [-0.3, -0.25) is 4.79 Å². The Morgan fingerprint density at radius 2 is 2.23 bits per heavy atom. The van der Waals surface area contributed by atoms with Crippen molar-refractivity contribution in [1.82, 2.24) is 19.7 Å². The first-order valence-electron chi connectivity index (χ1n) is 7.05. The minimum absolute atomic E-state index is 0.153. The summed E-state index contributed by atoms with van der Waals surface area (Å²) in [7, 11) is 0. The first-order chi connectivity index (χ1) is 10.6. The number of carbonyl (C=O) groups is 1. The van der Waals surface area contributed by atoms with Gasteiger partial charge in [0.1, 0.15) is 10.5 Å². The molecule has 3 N–H and O–H groups in total. The van der Waals surface area contributed by atoms with Crippen LogP contribution in [0.25, 0.3) is 5.65 Å². The van der Waals surface area contributed by atoms with Gasteiger partial charge in [0.05, 0.1) is 17.9 Å². The molecule has 3 heterocycles. The summed E-state index contributed by atoms with van der Waals surface area (Å²) < 4.78 is 2.00. The molecule has 0 saturated carbocycles. The van der Waals surface area contributed by atoms with Crippen LogP contribution in [0.5, 0.6) is 0 Å². The Morgan fingerprint density at radius 1 is 1.41 bits per heavy atom. The van der Waals surface area contributed by atoms with Crippen LogP contribution >= 0.6 is 11.3 Å². The van der Waals surface area contributed by atoms with Gasteiger partial charge in [-0.15, -0.1) is 0 Å². The summed E-state index contributed by atoms with van der Waals surface area (Å²) in [4.78, 5) is 21.5. The third kappa shape index (κ3) is 2.67. The van der Waals surface area contributed by atoms with Crippen molar-refractivity contribution >= 4 is 28.0 Å². The van der Waals surface area contributed by atoms with Crippen molar-refractivity contribution in [2.24, 2.45) is 0 Å². The molecular formula is C15H17N5OS. The van der Waals surface area contributed by atoms with Gasteiger partial charge in [0.25, 0.3) is 5.91 Å². The van der Waals surface area contributed by atoms with Gasteiger partial charge in [0.2, 0.25) is 0 Å². The Labute approximate surface area is 132 Å². The van der Waals surface area contributed by atoms with E-state index in [4.69, 9.17) is 5.73 Å². The number of nitrogens with zero attached hydrogens (tertiary/aromatic N) is 3. The van der Waals surface area contributed by atoms with Crippen LogP contribution in [0.2, 0.25) is 0 Å². The fraction of sp³-hybridized carbons (Fsp3) is 0.267. The Hall–Kier alpha value is -2.41. The van der Waals surface area contributed by atoms with E-state index < -0.39 is 0 Å². The molecule has 22 heavy (non-hydrogen) atoms. The molecule has 7 heteroatoms. The van der Waals surface area contributed by atoms with Gasteiger partial charge in [0, 0.05) is 11.9 Å². The number of nitrogens with one attached hydrogen (secondary N) is 1. The molecule has 1 amide bonds. The van der Waals surface area contributed by atoms with Crippen molar-refractivity contribution < 1.29 is 4.79 Å². The normalized spacial score (nSPS) is 11.0. The maximum atomic E-state index is 12.3. The number of pyridine rings is 1. The summed E-state index contributed by atoms with van der Waals surface area (Å²) in [5.74, 6) is -0.153. The highest BCUT2D eigenvalue weighted by atomic mass is 32.1. The van der Waals surface area contributed by atoms with E-state index in [0.29, 0.717) is 23.0 Å². The maximum Gasteiger partial charge on any atom is 0.263 e. The number of nitrogen functional groups attached to an aromatic ring is 1. The lowest BCUT2D eigenvalue weighted by Crippen LogP contribution is -2.23. The summed E-state index contributed by atoms with van der Waals surface area (Å²) in [6, 6.07) is 5.93. The number of carbonyl (C=O) groups excluding carboxylic acids is 1. The summed E-state index contributed by atoms with van der Waals surface area (Å²) in [6.45, 7) is 4.35. The van der Waals surface area contributed by atoms with Crippen LogP contribution in [0.15, 0.2) is 24.4 Å². The van der Waals surface area contributed by atoms with Gasteiger partial charge in [-0.1, -0.05) is 24.3 Å². The smallest absolute Gasteiger partial charge is 0.263 e. The number of hydrogen-bond acceptors (Lipinski definition) is 5. The van der Waals surface area contributed by atoms with Gasteiger partial charge >= 0.3 is 0 Å². The van der Waals surface area contributed by atoms with Gasteiger partial charge < -0.3 is 15.5 Å². The third-order valence-corrected chi connectivity index (χ3v) is 4.36. The number of hydrogen-bond donors (Lipinski definition) is 2. The molecule has 3 aromatic heterocycles. The van der Waals surface area contributed by atoms with Gasteiger partial charge in [-0.05, 0) is 25.5 Å². The average Bonchev–Trinajstić information content (AvgIpc) is 3.08. The van der Waals surface area contributed by atoms with Gasteiger partial charge in [-0.2, -0.15) is 0 Å². The SMILES string of the molecule is CCc1nc(N)sc1C(=O)NCc1cn2c(C)cccc2n1. The second kappa shape index (κ2) is 5.76. The molecular weight excluding hydrogens is 298 g/mol. The van der Waals surface area contributed by atoms with Crippen molar-refractivity contribution in [2.75, 3.05) is 5.73 Å². The summed E-state index contributed by atoms with van der Waals surface area (Å²) in [5.41, 5.74) is 9.22. The standard InChI is InChI=1S/C15H17N5OS/c1-3-11-13(22-15(16)19-11)14(21)17-7-10-8-20-9(2)5-4-6-12(20)18-10/h4-6,8H,3,7H2,1-2H3,(H2,16,19)(H,17,21). The molecule has 0 radical (unpaired) electrons. The number of amides is 1. The second-order valence-electron chi connectivity index (χ2n) is 4.99. The highest BCUT2D eigenvalue weighted by Gasteiger charge is 2.16. The molecule has 0 aliphatic rings. The lowest BCUT2D eigenvalue weighted by Gasteiger charge is -2.02. The van der Waals surface area contributed by atoms with E-state index in [1.807, 2.05) is 42.6 Å². The first kappa shape index (κ1) is 14.5. The van der Waals surface area contributed by atoms with E-state index in [1.165, 1.54) is 11.3 Å². The van der Waals surface area contributed by atoms with Crippen LogP contribution in [0.3, 0.4) is 0 Å². The topological polar surface area (TPSA) is 85.3 Å². The number of imidazole rings is 1. The second-order valence-corrected chi connectivity index (χ2v) is 6.02. The number of nitrogens with two attached hydrogens (primary N) is 1. The van der Waals surface area contributed by atoms with E-state index in [1.54, 1.807) is 0 Å². The fourth-order valence-electron chi connectivity index (χ4n) is 2.32. The minimum atomic E-state index is -0.153. The summed E-state index contributed by atoms with van der Waals surface area (Å²) >= 11 is 1.22.